The molecule has 2 atom stereocenters. The first-order valence-corrected chi connectivity index (χ1v) is 8.50. The third kappa shape index (κ3) is 2.19. The molecule has 6 heteroatoms. The molecule has 2 aliphatic rings. The summed E-state index contributed by atoms with van der Waals surface area (Å²) in [6, 6.07) is 6.65. The third-order valence-corrected chi connectivity index (χ3v) is 6.12. The molecule has 0 radical (unpaired) electrons. The number of fused-ring (bicyclic) bond motifs is 2. The molecule has 25 heavy (non-hydrogen) atoms. The first-order valence-electron chi connectivity index (χ1n) is 8.50. The van der Waals surface area contributed by atoms with E-state index in [-0.39, 0.29) is 18.1 Å². The Labute approximate surface area is 146 Å². The molecule has 6 nitrogen and oxygen atoms in total. The Kier molecular flexibility index (Phi) is 3.89. The average Bonchev–Trinajstić information content (AvgIpc) is 2.86. The lowest BCUT2D eigenvalue weighted by atomic mass is 9.66. The fourth-order valence-corrected chi connectivity index (χ4v) is 3.95. The number of hydrogen-bond donors (Lipinski definition) is 1. The first kappa shape index (κ1) is 17.5. The smallest absolute Gasteiger partial charge is 0.340 e. The van der Waals surface area contributed by atoms with Gasteiger partial charge in [0, 0.05) is 5.41 Å². The molecule has 1 N–H and O–H groups in total. The Bertz CT molecular complexity index is 756. The maximum Gasteiger partial charge on any atom is 0.340 e. The molecule has 1 heterocycles. The Morgan fingerprint density at radius 1 is 1.20 bits per heavy atom. The van der Waals surface area contributed by atoms with Crippen molar-refractivity contribution in [2.24, 2.45) is 10.8 Å². The summed E-state index contributed by atoms with van der Waals surface area (Å²) in [5.41, 5.74) is -1.91. The minimum Gasteiger partial charge on any atom is -0.462 e. The van der Waals surface area contributed by atoms with Crippen molar-refractivity contribution in [2.75, 3.05) is 11.9 Å². The van der Waals surface area contributed by atoms with Crippen LogP contribution in [0.3, 0.4) is 0 Å². The molecule has 1 amide bonds. The highest BCUT2D eigenvalue weighted by atomic mass is 16.6. The number of benzene rings is 1. The van der Waals surface area contributed by atoms with Crippen LogP contribution in [-0.4, -0.2) is 30.1 Å². The maximum absolute atomic E-state index is 13.1. The number of nitrogens with one attached hydrogen (secondary N) is 1. The van der Waals surface area contributed by atoms with E-state index in [9.17, 15) is 14.4 Å². The number of hydrogen-bond acceptors (Lipinski definition) is 5. The van der Waals surface area contributed by atoms with Crippen LogP contribution in [0.5, 0.6) is 0 Å². The normalized spacial score (nSPS) is 29.2. The van der Waals surface area contributed by atoms with Gasteiger partial charge in [0.1, 0.15) is 0 Å². The van der Waals surface area contributed by atoms with E-state index in [0.29, 0.717) is 18.5 Å². The SMILES string of the molecule is CCOC(=O)c1ccccc1NC(=O)[C@]12CC[C@](C)(C(=O)O1)C2(C)C. The largest absolute Gasteiger partial charge is 0.462 e. The minimum absolute atomic E-state index is 0.244. The van der Waals surface area contributed by atoms with E-state index in [1.807, 2.05) is 20.8 Å². The van der Waals surface area contributed by atoms with Gasteiger partial charge in [0.05, 0.1) is 23.3 Å². The van der Waals surface area contributed by atoms with Crippen LogP contribution >= 0.6 is 0 Å². The van der Waals surface area contributed by atoms with Gasteiger partial charge in [0.25, 0.3) is 5.91 Å². The molecule has 1 saturated heterocycles. The number of para-hydroxylation sites is 1. The molecule has 2 fully saturated rings. The van der Waals surface area contributed by atoms with Crippen LogP contribution in [0, 0.1) is 10.8 Å². The quantitative estimate of drug-likeness (QED) is 0.849. The van der Waals surface area contributed by atoms with E-state index in [2.05, 4.69) is 5.32 Å². The molecular formula is C19H23NO5. The Balaban J connectivity index is 1.92. The van der Waals surface area contributed by atoms with Gasteiger partial charge >= 0.3 is 11.9 Å². The van der Waals surface area contributed by atoms with Crippen LogP contribution in [0.1, 0.15) is 50.9 Å². The van der Waals surface area contributed by atoms with Gasteiger partial charge < -0.3 is 14.8 Å². The minimum atomic E-state index is -1.22. The second-order valence-electron chi connectivity index (χ2n) is 7.39. The van der Waals surface area contributed by atoms with Crippen molar-refractivity contribution in [1.82, 2.24) is 0 Å². The van der Waals surface area contributed by atoms with E-state index in [1.54, 1.807) is 31.2 Å². The van der Waals surface area contributed by atoms with Crippen molar-refractivity contribution in [3.63, 3.8) is 0 Å². The number of carbonyl (C=O) groups excluding carboxylic acids is 3. The zero-order valence-electron chi connectivity index (χ0n) is 15.0. The van der Waals surface area contributed by atoms with Crippen molar-refractivity contribution in [3.05, 3.63) is 29.8 Å². The van der Waals surface area contributed by atoms with Crippen molar-refractivity contribution in [2.45, 2.75) is 46.1 Å². The summed E-state index contributed by atoms with van der Waals surface area (Å²) in [6.07, 6.45) is 1.07. The van der Waals surface area contributed by atoms with Gasteiger partial charge in [-0.25, -0.2) is 4.79 Å². The average molecular weight is 345 g/mol. The van der Waals surface area contributed by atoms with Crippen LogP contribution in [0.25, 0.3) is 0 Å². The second-order valence-corrected chi connectivity index (χ2v) is 7.39. The molecule has 1 aliphatic heterocycles. The van der Waals surface area contributed by atoms with E-state index < -0.39 is 28.3 Å². The fraction of sp³-hybridized carbons (Fsp3) is 0.526. The lowest BCUT2D eigenvalue weighted by Crippen LogP contribution is -2.50. The first-order chi connectivity index (χ1) is 11.7. The van der Waals surface area contributed by atoms with Crippen molar-refractivity contribution in [3.8, 4) is 0 Å². The molecule has 134 valence electrons. The highest BCUT2D eigenvalue weighted by Crippen LogP contribution is 2.65. The standard InChI is InChI=1S/C19H23NO5/c1-5-24-14(21)12-8-6-7-9-13(12)20-15(22)19-11-10-18(4,16(23)25-19)17(19,2)3/h6-9H,5,10-11H2,1-4H3,(H,20,22)/t18-,19+/m1/s1. The van der Waals surface area contributed by atoms with Crippen LogP contribution in [0.2, 0.25) is 0 Å². The van der Waals surface area contributed by atoms with Gasteiger partial charge in [0.2, 0.25) is 0 Å². The maximum atomic E-state index is 13.1. The second kappa shape index (κ2) is 5.58. The zero-order valence-corrected chi connectivity index (χ0v) is 15.0. The summed E-state index contributed by atoms with van der Waals surface area (Å²) in [5.74, 6) is -1.24. The molecule has 3 rings (SSSR count). The molecule has 2 bridgehead atoms. The van der Waals surface area contributed by atoms with Gasteiger partial charge in [-0.2, -0.15) is 0 Å². The van der Waals surface area contributed by atoms with Gasteiger partial charge in [0.15, 0.2) is 5.60 Å². The third-order valence-electron chi connectivity index (χ3n) is 6.12. The van der Waals surface area contributed by atoms with Crippen LogP contribution in [-0.2, 0) is 19.1 Å². The number of rotatable bonds is 4. The Hall–Kier alpha value is -2.37. The lowest BCUT2D eigenvalue weighted by molar-refractivity contribution is -0.165. The van der Waals surface area contributed by atoms with Crippen molar-refractivity contribution < 1.29 is 23.9 Å². The Morgan fingerprint density at radius 3 is 2.44 bits per heavy atom. The monoisotopic (exact) mass is 345 g/mol. The van der Waals surface area contributed by atoms with Gasteiger partial charge in [-0.05, 0) is 38.8 Å². The number of amides is 1. The lowest BCUT2D eigenvalue weighted by Gasteiger charge is -2.35. The summed E-state index contributed by atoms with van der Waals surface area (Å²) in [7, 11) is 0. The van der Waals surface area contributed by atoms with Crippen LogP contribution < -0.4 is 5.32 Å². The molecule has 1 aromatic rings. The zero-order chi connectivity index (χ0) is 18.5. The summed E-state index contributed by atoms with van der Waals surface area (Å²) in [4.78, 5) is 37.5. The predicted octanol–water partition coefficient (Wildman–Crippen LogP) is 2.92. The molecular weight excluding hydrogens is 322 g/mol. The number of carbonyl (C=O) groups is 3. The number of esters is 2. The topological polar surface area (TPSA) is 81.7 Å². The van der Waals surface area contributed by atoms with Crippen molar-refractivity contribution in [1.29, 1.82) is 0 Å². The van der Waals surface area contributed by atoms with E-state index in [4.69, 9.17) is 9.47 Å². The predicted molar refractivity (Wildman–Crippen MR) is 91.0 cm³/mol. The van der Waals surface area contributed by atoms with E-state index in [0.717, 1.165) is 0 Å². The summed E-state index contributed by atoms with van der Waals surface area (Å²) < 4.78 is 10.6. The summed E-state index contributed by atoms with van der Waals surface area (Å²) in [6.45, 7) is 7.60. The molecule has 0 spiro atoms. The van der Waals surface area contributed by atoms with Crippen LogP contribution in [0.4, 0.5) is 5.69 Å². The van der Waals surface area contributed by atoms with Crippen molar-refractivity contribution >= 4 is 23.5 Å². The molecule has 1 saturated carbocycles. The van der Waals surface area contributed by atoms with Gasteiger partial charge in [-0.3, -0.25) is 9.59 Å². The fourth-order valence-electron chi connectivity index (χ4n) is 3.95. The van der Waals surface area contributed by atoms with Gasteiger partial charge in [-0.1, -0.05) is 26.0 Å². The van der Waals surface area contributed by atoms with Gasteiger partial charge in [-0.15, -0.1) is 0 Å². The highest BCUT2D eigenvalue weighted by molar-refractivity contribution is 6.06. The highest BCUT2D eigenvalue weighted by Gasteiger charge is 2.75. The van der Waals surface area contributed by atoms with E-state index >= 15 is 0 Å². The number of ether oxygens (including phenoxy) is 2. The van der Waals surface area contributed by atoms with E-state index in [1.165, 1.54) is 0 Å². The molecule has 1 aliphatic carbocycles. The summed E-state index contributed by atoms with van der Waals surface area (Å²) >= 11 is 0. The Morgan fingerprint density at radius 2 is 1.88 bits per heavy atom. The molecule has 0 unspecified atom stereocenters. The summed E-state index contributed by atoms with van der Waals surface area (Å²) in [5, 5.41) is 2.79. The van der Waals surface area contributed by atoms with Crippen LogP contribution in [0.15, 0.2) is 24.3 Å². The number of anilines is 1. The molecule has 0 aromatic heterocycles. The molecule has 1 aromatic carbocycles.